The fourth-order valence-electron chi connectivity index (χ4n) is 3.03. The molecule has 2 heterocycles. The van der Waals surface area contributed by atoms with Gasteiger partial charge >= 0.3 is 6.09 Å². The Balaban J connectivity index is 1.64. The van der Waals surface area contributed by atoms with Crippen molar-refractivity contribution in [2.45, 2.75) is 38.8 Å². The Kier molecular flexibility index (Phi) is 5.80. The zero-order valence-corrected chi connectivity index (χ0v) is 16.6. The zero-order valence-electron chi connectivity index (χ0n) is 16.6. The molecule has 0 saturated carbocycles. The van der Waals surface area contributed by atoms with E-state index in [1.54, 1.807) is 44.0 Å². The Morgan fingerprint density at radius 2 is 2.03 bits per heavy atom. The molecule has 2 amide bonds. The van der Waals surface area contributed by atoms with Gasteiger partial charge in [0.1, 0.15) is 17.5 Å². The molecule has 1 aliphatic rings. The summed E-state index contributed by atoms with van der Waals surface area (Å²) >= 11 is 0. The van der Waals surface area contributed by atoms with Crippen LogP contribution in [0.3, 0.4) is 0 Å². The van der Waals surface area contributed by atoms with Gasteiger partial charge in [0.15, 0.2) is 0 Å². The minimum Gasteiger partial charge on any atom is -0.443 e. The van der Waals surface area contributed by atoms with E-state index in [4.69, 9.17) is 4.74 Å². The van der Waals surface area contributed by atoms with Crippen LogP contribution < -0.4 is 15.8 Å². The Bertz CT molecular complexity index is 944. The van der Waals surface area contributed by atoms with Crippen molar-refractivity contribution in [2.75, 3.05) is 11.4 Å². The highest BCUT2D eigenvalue weighted by Crippen LogP contribution is 2.26. The second-order valence-electron chi connectivity index (χ2n) is 7.66. The number of rotatable bonds is 4. The predicted octanol–water partition coefficient (Wildman–Crippen LogP) is 2.75. The number of nitriles is 1. The molecule has 150 valence electrons. The number of anilines is 1. The number of carbonyl (C=O) groups is 2. The van der Waals surface area contributed by atoms with Gasteiger partial charge in [-0.2, -0.15) is 5.26 Å². The molecule has 0 unspecified atom stereocenters. The van der Waals surface area contributed by atoms with Gasteiger partial charge in [0, 0.05) is 23.9 Å². The van der Waals surface area contributed by atoms with Crippen LogP contribution in [0.5, 0.6) is 0 Å². The lowest BCUT2D eigenvalue weighted by molar-refractivity contribution is -0.119. The number of hydrogen-bond acceptors (Lipinski definition) is 6. The Labute approximate surface area is 169 Å². The summed E-state index contributed by atoms with van der Waals surface area (Å²) in [7, 11) is 0. The van der Waals surface area contributed by atoms with E-state index in [1.165, 1.54) is 0 Å². The predicted molar refractivity (Wildman–Crippen MR) is 108 cm³/mol. The molecule has 1 saturated heterocycles. The van der Waals surface area contributed by atoms with Gasteiger partial charge in [0.2, 0.25) is 5.91 Å². The average Bonchev–Trinajstić information content (AvgIpc) is 3.05. The van der Waals surface area contributed by atoms with Crippen LogP contribution in [-0.4, -0.2) is 35.2 Å². The third kappa shape index (κ3) is 4.89. The van der Waals surface area contributed by atoms with Crippen LogP contribution in [0.15, 0.2) is 42.6 Å². The van der Waals surface area contributed by atoms with Crippen LogP contribution >= 0.6 is 0 Å². The fraction of sp³-hybridized carbons (Fsp3) is 0.333. The summed E-state index contributed by atoms with van der Waals surface area (Å²) in [6.45, 7) is 5.77. The summed E-state index contributed by atoms with van der Waals surface area (Å²) in [5.74, 6) is 0.341. The number of hydrogen-bond donors (Lipinski definition) is 2. The lowest BCUT2D eigenvalue weighted by Crippen LogP contribution is -2.49. The van der Waals surface area contributed by atoms with E-state index < -0.39 is 17.7 Å². The monoisotopic (exact) mass is 393 g/mol. The topological polar surface area (TPSA) is 107 Å². The quantitative estimate of drug-likeness (QED) is 0.774. The molecule has 1 atom stereocenters. The van der Waals surface area contributed by atoms with Crippen LogP contribution in [0.1, 0.15) is 32.8 Å². The van der Waals surface area contributed by atoms with Crippen molar-refractivity contribution in [3.05, 3.63) is 48.2 Å². The number of nitrogens with zero attached hydrogens (tertiary/aromatic N) is 3. The first kappa shape index (κ1) is 20.3. The SMILES string of the molecule is CC(C)(C)OC(=O)NN[C@H]1CCN(c2ccc(-c3ccccc3C#N)cn2)C1=O. The maximum atomic E-state index is 12.6. The molecule has 0 bridgehead atoms. The summed E-state index contributed by atoms with van der Waals surface area (Å²) in [4.78, 5) is 30.4. The molecule has 8 nitrogen and oxygen atoms in total. The number of pyridine rings is 1. The number of ether oxygens (including phenoxy) is 1. The van der Waals surface area contributed by atoms with Gasteiger partial charge in [-0.1, -0.05) is 18.2 Å². The zero-order chi connectivity index (χ0) is 21.0. The Morgan fingerprint density at radius 1 is 1.28 bits per heavy atom. The first-order valence-corrected chi connectivity index (χ1v) is 9.30. The van der Waals surface area contributed by atoms with Crippen molar-refractivity contribution < 1.29 is 14.3 Å². The van der Waals surface area contributed by atoms with E-state index in [2.05, 4.69) is 21.9 Å². The van der Waals surface area contributed by atoms with Crippen molar-refractivity contribution in [3.8, 4) is 17.2 Å². The molecule has 2 N–H and O–H groups in total. The van der Waals surface area contributed by atoms with Gasteiger partial charge in [-0.15, -0.1) is 0 Å². The molecule has 0 spiro atoms. The molecule has 0 radical (unpaired) electrons. The minimum absolute atomic E-state index is 0.182. The molecule has 1 aromatic carbocycles. The largest absolute Gasteiger partial charge is 0.443 e. The summed E-state index contributed by atoms with van der Waals surface area (Å²) in [5, 5.41) is 9.25. The van der Waals surface area contributed by atoms with Crippen LogP contribution in [0, 0.1) is 11.3 Å². The number of hydrazine groups is 1. The molecule has 1 aromatic heterocycles. The molecule has 8 heteroatoms. The highest BCUT2D eigenvalue weighted by atomic mass is 16.6. The van der Waals surface area contributed by atoms with Crippen molar-refractivity contribution in [1.82, 2.24) is 15.8 Å². The average molecular weight is 393 g/mol. The molecular weight excluding hydrogens is 370 g/mol. The minimum atomic E-state index is -0.637. The molecular formula is C21H23N5O3. The summed E-state index contributed by atoms with van der Waals surface area (Å²) in [6, 6.07) is 12.5. The molecule has 29 heavy (non-hydrogen) atoms. The molecule has 3 rings (SSSR count). The number of nitrogens with one attached hydrogen (secondary N) is 2. The standard InChI is InChI=1S/C21H23N5O3/c1-21(2,3)29-20(28)25-24-17-10-11-26(19(17)27)18-9-8-15(13-23-18)16-7-5-4-6-14(16)12-22/h4-9,13,17,24H,10-11H2,1-3H3,(H,25,28)/t17-/m0/s1. The van der Waals surface area contributed by atoms with Crippen molar-refractivity contribution in [2.24, 2.45) is 0 Å². The molecule has 1 aliphatic heterocycles. The normalized spacial score (nSPS) is 16.4. The highest BCUT2D eigenvalue weighted by molar-refractivity contribution is 5.98. The van der Waals surface area contributed by atoms with E-state index >= 15 is 0 Å². The van der Waals surface area contributed by atoms with Crippen molar-refractivity contribution in [1.29, 1.82) is 5.26 Å². The maximum absolute atomic E-state index is 12.6. The lowest BCUT2D eigenvalue weighted by Gasteiger charge is -2.21. The molecule has 1 fully saturated rings. The summed E-state index contributed by atoms with van der Waals surface area (Å²) in [5.41, 5.74) is 6.69. The van der Waals surface area contributed by atoms with Crippen LogP contribution in [0.4, 0.5) is 10.6 Å². The molecule has 0 aliphatic carbocycles. The third-order valence-corrected chi connectivity index (χ3v) is 4.34. The van der Waals surface area contributed by atoms with Gasteiger partial charge in [0.05, 0.1) is 11.6 Å². The lowest BCUT2D eigenvalue weighted by atomic mass is 10.0. The third-order valence-electron chi connectivity index (χ3n) is 4.34. The van der Waals surface area contributed by atoms with E-state index in [0.717, 1.165) is 11.1 Å². The van der Waals surface area contributed by atoms with E-state index in [-0.39, 0.29) is 5.91 Å². The van der Waals surface area contributed by atoms with E-state index in [1.807, 2.05) is 24.3 Å². The number of carbonyl (C=O) groups excluding carboxylic acids is 2. The fourth-order valence-corrected chi connectivity index (χ4v) is 3.03. The second-order valence-corrected chi connectivity index (χ2v) is 7.66. The summed E-state index contributed by atoms with van der Waals surface area (Å²) < 4.78 is 5.15. The van der Waals surface area contributed by atoms with Crippen LogP contribution in [0.25, 0.3) is 11.1 Å². The smallest absolute Gasteiger partial charge is 0.422 e. The van der Waals surface area contributed by atoms with Crippen LogP contribution in [0.2, 0.25) is 0 Å². The van der Waals surface area contributed by atoms with Gasteiger partial charge in [-0.25, -0.2) is 15.2 Å². The number of aromatic nitrogens is 1. The van der Waals surface area contributed by atoms with Crippen molar-refractivity contribution in [3.63, 3.8) is 0 Å². The Hall–Kier alpha value is -3.44. The first-order valence-electron chi connectivity index (χ1n) is 9.30. The molecule has 2 aromatic rings. The van der Waals surface area contributed by atoms with E-state index in [0.29, 0.717) is 24.3 Å². The van der Waals surface area contributed by atoms with Crippen LogP contribution in [-0.2, 0) is 9.53 Å². The summed E-state index contributed by atoms with van der Waals surface area (Å²) in [6.07, 6.45) is 1.54. The Morgan fingerprint density at radius 3 is 2.69 bits per heavy atom. The first-order chi connectivity index (χ1) is 13.8. The van der Waals surface area contributed by atoms with Gasteiger partial charge in [-0.3, -0.25) is 15.1 Å². The number of amides is 2. The van der Waals surface area contributed by atoms with Gasteiger partial charge in [-0.05, 0) is 45.4 Å². The second kappa shape index (κ2) is 8.29. The van der Waals surface area contributed by atoms with Gasteiger partial charge < -0.3 is 4.74 Å². The highest BCUT2D eigenvalue weighted by Gasteiger charge is 2.33. The van der Waals surface area contributed by atoms with E-state index in [9.17, 15) is 14.9 Å². The number of benzene rings is 1. The maximum Gasteiger partial charge on any atom is 0.422 e. The van der Waals surface area contributed by atoms with Gasteiger partial charge in [0.25, 0.3) is 0 Å². The van der Waals surface area contributed by atoms with Crippen molar-refractivity contribution >= 4 is 17.8 Å².